The van der Waals surface area contributed by atoms with Gasteiger partial charge >= 0.3 is 0 Å². The van der Waals surface area contributed by atoms with Gasteiger partial charge in [0.2, 0.25) is 0 Å². The van der Waals surface area contributed by atoms with E-state index in [1.165, 1.54) is 27.8 Å². The summed E-state index contributed by atoms with van der Waals surface area (Å²) in [5.74, 6) is 1.27. The van der Waals surface area contributed by atoms with Gasteiger partial charge in [-0.25, -0.2) is 0 Å². The third-order valence-electron chi connectivity index (χ3n) is 8.04. The highest BCUT2D eigenvalue weighted by Crippen LogP contribution is 2.47. The molecule has 5 aromatic rings. The van der Waals surface area contributed by atoms with Gasteiger partial charge in [0.1, 0.15) is 11.9 Å². The van der Waals surface area contributed by atoms with Crippen LogP contribution in [0.5, 0.6) is 5.75 Å². The summed E-state index contributed by atoms with van der Waals surface area (Å²) in [6, 6.07) is 44.9. The second kappa shape index (κ2) is 10.3. The van der Waals surface area contributed by atoms with Crippen molar-refractivity contribution < 1.29 is 4.74 Å². The summed E-state index contributed by atoms with van der Waals surface area (Å²) in [4.78, 5) is 4.49. The zero-order chi connectivity index (χ0) is 26.9. The summed E-state index contributed by atoms with van der Waals surface area (Å²) in [7, 11) is 0. The average Bonchev–Trinajstić information content (AvgIpc) is 3.41. The van der Waals surface area contributed by atoms with Crippen LogP contribution in [-0.4, -0.2) is 12.8 Å². The van der Waals surface area contributed by atoms with Crippen molar-refractivity contribution in [3.05, 3.63) is 173 Å². The Kier molecular flexibility index (Phi) is 6.22. The minimum absolute atomic E-state index is 0.0406. The molecule has 1 aliphatic heterocycles. The fourth-order valence-electron chi connectivity index (χ4n) is 6.07. The molecule has 0 radical (unpaired) electrons. The number of benzene rings is 5. The Labute approximate surface area is 235 Å². The van der Waals surface area contributed by atoms with Crippen LogP contribution in [0.1, 0.15) is 45.2 Å². The molecule has 0 N–H and O–H groups in total. The number of fused-ring (bicyclic) bond motifs is 5. The van der Waals surface area contributed by atoms with Crippen LogP contribution in [0.25, 0.3) is 22.9 Å². The molecule has 2 nitrogen and oxygen atoms in total. The minimum atomic E-state index is 0.0406. The van der Waals surface area contributed by atoms with Crippen molar-refractivity contribution >= 4 is 18.5 Å². The summed E-state index contributed by atoms with van der Waals surface area (Å²) in [6.45, 7) is 3.94. The van der Waals surface area contributed by atoms with Crippen LogP contribution in [0, 0.1) is 0 Å². The fourth-order valence-corrected chi connectivity index (χ4v) is 6.07. The number of aliphatic imine (C=N–C) groups is 1. The van der Waals surface area contributed by atoms with E-state index >= 15 is 0 Å². The first-order valence-corrected chi connectivity index (χ1v) is 13.8. The Morgan fingerprint density at radius 2 is 1.40 bits per heavy atom. The van der Waals surface area contributed by atoms with E-state index in [1.807, 2.05) is 0 Å². The van der Waals surface area contributed by atoms with Crippen molar-refractivity contribution in [3.8, 4) is 16.9 Å². The van der Waals surface area contributed by atoms with Crippen molar-refractivity contribution in [2.75, 3.05) is 0 Å². The highest BCUT2D eigenvalue weighted by atomic mass is 16.5. The zero-order valence-electron chi connectivity index (χ0n) is 22.2. The monoisotopic (exact) mass is 515 g/mol. The number of nitrogens with zero attached hydrogens (tertiary/aromatic N) is 1. The highest BCUT2D eigenvalue weighted by Gasteiger charge is 2.37. The van der Waals surface area contributed by atoms with Gasteiger partial charge in [-0.2, -0.15) is 0 Å². The van der Waals surface area contributed by atoms with E-state index in [1.54, 1.807) is 0 Å². The van der Waals surface area contributed by atoms with Crippen molar-refractivity contribution in [1.82, 2.24) is 0 Å². The van der Waals surface area contributed by atoms with Gasteiger partial charge in [0.25, 0.3) is 0 Å². The predicted molar refractivity (Wildman–Crippen MR) is 166 cm³/mol. The molecule has 2 heteroatoms. The third-order valence-corrected chi connectivity index (χ3v) is 8.04. The third kappa shape index (κ3) is 4.38. The van der Waals surface area contributed by atoms with Gasteiger partial charge < -0.3 is 4.74 Å². The van der Waals surface area contributed by atoms with Gasteiger partial charge in [0.05, 0.1) is 11.6 Å². The second-order valence-electron chi connectivity index (χ2n) is 10.4. The van der Waals surface area contributed by atoms with Gasteiger partial charge in [0.15, 0.2) is 0 Å². The van der Waals surface area contributed by atoms with Gasteiger partial charge in [-0.3, -0.25) is 4.99 Å². The summed E-state index contributed by atoms with van der Waals surface area (Å²) < 4.78 is 6.45. The van der Waals surface area contributed by atoms with Gasteiger partial charge in [0, 0.05) is 17.0 Å². The maximum atomic E-state index is 6.45. The van der Waals surface area contributed by atoms with E-state index < -0.39 is 0 Å². The number of allylic oxidation sites excluding steroid dienone is 1. The molecule has 192 valence electrons. The second-order valence-corrected chi connectivity index (χ2v) is 10.4. The summed E-state index contributed by atoms with van der Waals surface area (Å²) in [5, 5.41) is 0. The Morgan fingerprint density at radius 3 is 2.15 bits per heavy atom. The van der Waals surface area contributed by atoms with Crippen molar-refractivity contribution in [3.63, 3.8) is 0 Å². The van der Waals surface area contributed by atoms with Crippen LogP contribution in [0.3, 0.4) is 0 Å². The summed E-state index contributed by atoms with van der Waals surface area (Å²) >= 11 is 0. The van der Waals surface area contributed by atoms with Crippen LogP contribution in [0.4, 0.5) is 0 Å². The van der Waals surface area contributed by atoms with Crippen LogP contribution in [0.15, 0.2) is 145 Å². The first-order valence-electron chi connectivity index (χ1n) is 13.8. The van der Waals surface area contributed by atoms with E-state index in [2.05, 4.69) is 157 Å². The molecule has 2 atom stereocenters. The first-order chi connectivity index (χ1) is 19.8. The largest absolute Gasteiger partial charge is 0.485 e. The molecular weight excluding hydrogens is 486 g/mol. The Hall–Kier alpha value is -4.95. The quantitative estimate of drug-likeness (QED) is 0.207. The van der Waals surface area contributed by atoms with Crippen LogP contribution >= 0.6 is 0 Å². The highest BCUT2D eigenvalue weighted by molar-refractivity contribution is 5.76. The standard InChI is InChI=1S/C38H29NO/c1-39-35(25-34(26-11-4-2-5-12-26)27-13-6-3-7-14-27)31-17-10-16-29(23-31)30-19-21-33-37(24-30)40-36-22-20-28-15-8-9-18-32(28)38(33)36/h2-25,34,36,38H,1H2/b35-25-. The van der Waals surface area contributed by atoms with E-state index in [0.29, 0.717) is 0 Å². The lowest BCUT2D eigenvalue weighted by molar-refractivity contribution is 0.267. The molecule has 0 bridgehead atoms. The van der Waals surface area contributed by atoms with E-state index in [4.69, 9.17) is 4.74 Å². The van der Waals surface area contributed by atoms with E-state index in [9.17, 15) is 0 Å². The number of hydrogen-bond donors (Lipinski definition) is 0. The number of ether oxygens (including phenoxy) is 1. The lowest BCUT2D eigenvalue weighted by atomic mass is 9.81. The molecule has 0 saturated heterocycles. The van der Waals surface area contributed by atoms with Crippen molar-refractivity contribution in [2.24, 2.45) is 4.99 Å². The minimum Gasteiger partial charge on any atom is -0.485 e. The molecule has 2 unspecified atom stereocenters. The SMILES string of the molecule is C=N/C(=C\C(c1ccccc1)c1ccccc1)c1cccc(-c2ccc3c(c2)OC2C=Cc4ccccc4C32)c1. The molecule has 0 fully saturated rings. The molecule has 5 aromatic carbocycles. The normalized spacial score (nSPS) is 17.1. The van der Waals surface area contributed by atoms with Crippen LogP contribution < -0.4 is 4.74 Å². The lowest BCUT2D eigenvalue weighted by Crippen LogP contribution is -2.20. The fraction of sp³-hybridized carbons (Fsp3) is 0.0789. The first kappa shape index (κ1) is 24.1. The number of rotatable bonds is 6. The molecule has 0 aromatic heterocycles. The van der Waals surface area contributed by atoms with E-state index in [0.717, 1.165) is 28.1 Å². The Morgan fingerprint density at radius 1 is 0.700 bits per heavy atom. The van der Waals surface area contributed by atoms with Crippen molar-refractivity contribution in [2.45, 2.75) is 17.9 Å². The van der Waals surface area contributed by atoms with Gasteiger partial charge in [-0.05, 0) is 64.4 Å². The van der Waals surface area contributed by atoms with Crippen molar-refractivity contribution in [1.29, 1.82) is 0 Å². The van der Waals surface area contributed by atoms with Gasteiger partial charge in [-0.1, -0.05) is 121 Å². The smallest absolute Gasteiger partial charge is 0.128 e. The summed E-state index contributed by atoms with van der Waals surface area (Å²) in [6.07, 6.45) is 6.63. The van der Waals surface area contributed by atoms with Crippen LogP contribution in [0.2, 0.25) is 0 Å². The molecule has 7 rings (SSSR count). The maximum Gasteiger partial charge on any atom is 0.128 e. The predicted octanol–water partition coefficient (Wildman–Crippen LogP) is 9.15. The zero-order valence-corrected chi connectivity index (χ0v) is 22.2. The Bertz CT molecular complexity index is 1710. The molecule has 0 saturated carbocycles. The molecule has 2 aliphatic rings. The molecule has 1 aliphatic carbocycles. The molecule has 0 spiro atoms. The van der Waals surface area contributed by atoms with Crippen LogP contribution in [-0.2, 0) is 0 Å². The molecule has 40 heavy (non-hydrogen) atoms. The lowest BCUT2D eigenvalue weighted by Gasteiger charge is -2.22. The molecule has 1 heterocycles. The maximum absolute atomic E-state index is 6.45. The van der Waals surface area contributed by atoms with E-state index in [-0.39, 0.29) is 17.9 Å². The molecule has 0 amide bonds. The Balaban J connectivity index is 1.24. The summed E-state index contributed by atoms with van der Waals surface area (Å²) in [5.41, 5.74) is 10.5. The average molecular weight is 516 g/mol. The molecular formula is C38H29NO. The van der Waals surface area contributed by atoms with Gasteiger partial charge in [-0.15, -0.1) is 0 Å². The topological polar surface area (TPSA) is 21.6 Å². The number of hydrogen-bond acceptors (Lipinski definition) is 2.